The van der Waals surface area contributed by atoms with Crippen LogP contribution in [0.5, 0.6) is 0 Å². The van der Waals surface area contributed by atoms with Crippen molar-refractivity contribution < 1.29 is 19.1 Å². The lowest BCUT2D eigenvalue weighted by atomic mass is 10.3. The number of amides is 2. The molecule has 0 saturated heterocycles. The van der Waals surface area contributed by atoms with E-state index in [4.69, 9.17) is 0 Å². The first-order chi connectivity index (χ1) is 8.54. The van der Waals surface area contributed by atoms with Gasteiger partial charge in [0.25, 0.3) is 5.91 Å². The number of carbonyl (C=O) groups is 3. The zero-order valence-electron chi connectivity index (χ0n) is 10.1. The molecule has 0 aliphatic rings. The van der Waals surface area contributed by atoms with Gasteiger partial charge in [0.2, 0.25) is 5.91 Å². The lowest BCUT2D eigenvalue weighted by molar-refractivity contribution is -0.141. The molecule has 2 N–H and O–H groups in total. The fourth-order valence-electron chi connectivity index (χ4n) is 1.13. The second-order valence-electron chi connectivity index (χ2n) is 3.47. The number of hydrogen-bond donors (Lipinski definition) is 2. The largest absolute Gasteiger partial charge is 0.468 e. The highest BCUT2D eigenvalue weighted by molar-refractivity contribution is 7.12. The van der Waals surface area contributed by atoms with Gasteiger partial charge in [-0.05, 0) is 18.4 Å². The second-order valence-corrected chi connectivity index (χ2v) is 4.41. The molecular weight excluding hydrogens is 256 g/mol. The molecule has 18 heavy (non-hydrogen) atoms. The van der Waals surface area contributed by atoms with E-state index in [0.29, 0.717) is 4.88 Å². The Kier molecular flexibility index (Phi) is 5.31. The average Bonchev–Trinajstić information content (AvgIpc) is 2.89. The smallest absolute Gasteiger partial charge is 0.325 e. The van der Waals surface area contributed by atoms with Crippen molar-refractivity contribution >= 4 is 29.1 Å². The Morgan fingerprint density at radius 1 is 1.44 bits per heavy atom. The van der Waals surface area contributed by atoms with Gasteiger partial charge in [-0.3, -0.25) is 14.4 Å². The van der Waals surface area contributed by atoms with E-state index in [-0.39, 0.29) is 12.5 Å². The Bertz CT molecular complexity index is 430. The summed E-state index contributed by atoms with van der Waals surface area (Å²) < 4.78 is 4.38. The van der Waals surface area contributed by atoms with Crippen molar-refractivity contribution in [3.05, 3.63) is 22.4 Å². The number of nitrogens with one attached hydrogen (secondary N) is 2. The maximum absolute atomic E-state index is 11.6. The molecule has 1 atom stereocenters. The van der Waals surface area contributed by atoms with E-state index in [1.807, 2.05) is 0 Å². The van der Waals surface area contributed by atoms with E-state index in [0.717, 1.165) is 0 Å². The third-order valence-electron chi connectivity index (χ3n) is 2.12. The maximum atomic E-state index is 11.6. The van der Waals surface area contributed by atoms with Crippen LogP contribution in [0.2, 0.25) is 0 Å². The molecular formula is C11H14N2O4S. The molecule has 0 spiro atoms. The van der Waals surface area contributed by atoms with Gasteiger partial charge < -0.3 is 15.4 Å². The molecule has 1 heterocycles. The number of ether oxygens (including phenoxy) is 1. The van der Waals surface area contributed by atoms with E-state index in [1.54, 1.807) is 17.5 Å². The predicted octanol–water partition coefficient (Wildman–Crippen LogP) is 0.156. The molecule has 0 radical (unpaired) electrons. The van der Waals surface area contributed by atoms with E-state index in [1.165, 1.54) is 25.4 Å². The van der Waals surface area contributed by atoms with Crippen molar-refractivity contribution in [3.8, 4) is 0 Å². The molecule has 0 aliphatic heterocycles. The van der Waals surface area contributed by atoms with Crippen LogP contribution in [0, 0.1) is 0 Å². The normalized spacial score (nSPS) is 11.4. The summed E-state index contributed by atoms with van der Waals surface area (Å²) in [4.78, 5) is 34.5. The van der Waals surface area contributed by atoms with Gasteiger partial charge in [-0.25, -0.2) is 0 Å². The van der Waals surface area contributed by atoms with Gasteiger partial charge in [0.15, 0.2) is 0 Å². The van der Waals surface area contributed by atoms with Gasteiger partial charge in [-0.15, -0.1) is 11.3 Å². The van der Waals surface area contributed by atoms with Crippen LogP contribution >= 0.6 is 11.3 Å². The molecule has 0 aromatic carbocycles. The zero-order valence-corrected chi connectivity index (χ0v) is 10.9. The SMILES string of the molecule is COC(=O)CNC(=O)C(C)NC(=O)c1cccs1. The number of carbonyl (C=O) groups excluding carboxylic acids is 3. The van der Waals surface area contributed by atoms with Crippen LogP contribution in [0.1, 0.15) is 16.6 Å². The number of thiophene rings is 1. The lowest BCUT2D eigenvalue weighted by Crippen LogP contribution is -2.46. The summed E-state index contributed by atoms with van der Waals surface area (Å²) in [7, 11) is 1.23. The highest BCUT2D eigenvalue weighted by Crippen LogP contribution is 2.07. The van der Waals surface area contributed by atoms with Crippen molar-refractivity contribution in [2.75, 3.05) is 13.7 Å². The third kappa shape index (κ3) is 4.17. The van der Waals surface area contributed by atoms with Crippen LogP contribution < -0.4 is 10.6 Å². The summed E-state index contributed by atoms with van der Waals surface area (Å²) in [6.45, 7) is 1.33. The Balaban J connectivity index is 2.40. The maximum Gasteiger partial charge on any atom is 0.325 e. The second kappa shape index (κ2) is 6.75. The summed E-state index contributed by atoms with van der Waals surface area (Å²) in [6, 6.07) is 2.70. The molecule has 0 fully saturated rings. The molecule has 0 aliphatic carbocycles. The molecule has 1 unspecified atom stereocenters. The molecule has 0 bridgehead atoms. The Morgan fingerprint density at radius 2 is 2.17 bits per heavy atom. The van der Waals surface area contributed by atoms with Crippen molar-refractivity contribution in [2.45, 2.75) is 13.0 Å². The molecule has 98 valence electrons. The van der Waals surface area contributed by atoms with Crippen LogP contribution in [0.15, 0.2) is 17.5 Å². The number of hydrogen-bond acceptors (Lipinski definition) is 5. The van der Waals surface area contributed by atoms with E-state index < -0.39 is 17.9 Å². The third-order valence-corrected chi connectivity index (χ3v) is 2.99. The summed E-state index contributed by atoms with van der Waals surface area (Å²) >= 11 is 1.29. The summed E-state index contributed by atoms with van der Waals surface area (Å²) in [5, 5.41) is 6.66. The molecule has 1 rings (SSSR count). The van der Waals surface area contributed by atoms with Gasteiger partial charge >= 0.3 is 5.97 Å². The topological polar surface area (TPSA) is 84.5 Å². The van der Waals surface area contributed by atoms with E-state index >= 15 is 0 Å². The molecule has 1 aromatic heterocycles. The minimum atomic E-state index is -0.718. The average molecular weight is 270 g/mol. The van der Waals surface area contributed by atoms with Gasteiger partial charge in [0.1, 0.15) is 12.6 Å². The molecule has 2 amide bonds. The minimum absolute atomic E-state index is 0.214. The molecule has 0 saturated carbocycles. The highest BCUT2D eigenvalue weighted by Gasteiger charge is 2.17. The van der Waals surface area contributed by atoms with Crippen LogP contribution in [-0.4, -0.2) is 37.5 Å². The number of methoxy groups -OCH3 is 1. The van der Waals surface area contributed by atoms with Crippen LogP contribution in [0.3, 0.4) is 0 Å². The molecule has 6 nitrogen and oxygen atoms in total. The van der Waals surface area contributed by atoms with Crippen LogP contribution in [0.25, 0.3) is 0 Å². The minimum Gasteiger partial charge on any atom is -0.468 e. The Labute approximate surface area is 108 Å². The van der Waals surface area contributed by atoms with Crippen molar-refractivity contribution in [1.82, 2.24) is 10.6 Å². The van der Waals surface area contributed by atoms with Gasteiger partial charge in [0, 0.05) is 0 Å². The van der Waals surface area contributed by atoms with Crippen molar-refractivity contribution in [2.24, 2.45) is 0 Å². The first-order valence-electron chi connectivity index (χ1n) is 5.23. The standard InChI is InChI=1S/C11H14N2O4S/c1-7(10(15)12-6-9(14)17-2)13-11(16)8-4-3-5-18-8/h3-5,7H,6H2,1-2H3,(H,12,15)(H,13,16). The van der Waals surface area contributed by atoms with Gasteiger partial charge in [-0.2, -0.15) is 0 Å². The Hall–Kier alpha value is -1.89. The van der Waals surface area contributed by atoms with Gasteiger partial charge in [0.05, 0.1) is 12.0 Å². The van der Waals surface area contributed by atoms with Crippen LogP contribution in [-0.2, 0) is 14.3 Å². The quantitative estimate of drug-likeness (QED) is 0.746. The lowest BCUT2D eigenvalue weighted by Gasteiger charge is -2.12. The molecule has 1 aromatic rings. The molecule has 7 heteroatoms. The van der Waals surface area contributed by atoms with Gasteiger partial charge in [-0.1, -0.05) is 6.07 Å². The highest BCUT2D eigenvalue weighted by atomic mass is 32.1. The first kappa shape index (κ1) is 14.2. The first-order valence-corrected chi connectivity index (χ1v) is 6.11. The summed E-state index contributed by atoms with van der Waals surface area (Å²) in [5.74, 6) is -1.30. The summed E-state index contributed by atoms with van der Waals surface area (Å²) in [6.07, 6.45) is 0. The zero-order chi connectivity index (χ0) is 13.5. The fraction of sp³-hybridized carbons (Fsp3) is 0.364. The Morgan fingerprint density at radius 3 is 2.72 bits per heavy atom. The summed E-state index contributed by atoms with van der Waals surface area (Å²) in [5.41, 5.74) is 0. The van der Waals surface area contributed by atoms with Crippen molar-refractivity contribution in [3.63, 3.8) is 0 Å². The fourth-order valence-corrected chi connectivity index (χ4v) is 1.75. The number of esters is 1. The van der Waals surface area contributed by atoms with Crippen LogP contribution in [0.4, 0.5) is 0 Å². The van der Waals surface area contributed by atoms with Crippen molar-refractivity contribution in [1.29, 1.82) is 0 Å². The van der Waals surface area contributed by atoms with E-state index in [9.17, 15) is 14.4 Å². The number of rotatable bonds is 5. The van der Waals surface area contributed by atoms with E-state index in [2.05, 4.69) is 15.4 Å². The predicted molar refractivity (Wildman–Crippen MR) is 66.3 cm³/mol. The monoisotopic (exact) mass is 270 g/mol.